The van der Waals surface area contributed by atoms with E-state index in [2.05, 4.69) is 53.4 Å². The van der Waals surface area contributed by atoms with Gasteiger partial charge in [-0.05, 0) is 24.6 Å². The Labute approximate surface area is 236 Å². The molecular weight excluding hydrogens is 589 g/mol. The molecule has 0 fully saturated rings. The Bertz CT molecular complexity index is 1280. The predicted molar refractivity (Wildman–Crippen MR) is 150 cm³/mol. The van der Waals surface area contributed by atoms with Crippen LogP contribution < -0.4 is 5.73 Å². The van der Waals surface area contributed by atoms with Gasteiger partial charge in [-0.2, -0.15) is 34.9 Å². The number of halogens is 1. The first-order valence-corrected chi connectivity index (χ1v) is 15.3. The Morgan fingerprint density at radius 2 is 1.19 bits per heavy atom. The van der Waals surface area contributed by atoms with E-state index in [1.165, 1.54) is 16.7 Å². The van der Waals surface area contributed by atoms with Crippen LogP contribution in [0.3, 0.4) is 0 Å². The Morgan fingerprint density at radius 3 is 1.65 bits per heavy atom. The summed E-state index contributed by atoms with van der Waals surface area (Å²) in [4.78, 5) is 0.171. The van der Waals surface area contributed by atoms with Gasteiger partial charge >= 0.3 is 27.0 Å². The van der Waals surface area contributed by atoms with Crippen molar-refractivity contribution in [3.05, 3.63) is 141 Å². The van der Waals surface area contributed by atoms with Crippen molar-refractivity contribution in [1.82, 2.24) is 0 Å². The van der Waals surface area contributed by atoms with E-state index in [0.717, 1.165) is 16.7 Å². The molecule has 2 N–H and O–H groups in total. The van der Waals surface area contributed by atoms with Gasteiger partial charge in [-0.15, -0.1) is 0 Å². The maximum atomic E-state index is 12.8. The number of aryl methyl sites for hydroxylation is 4. The molecule has 0 saturated carbocycles. The Hall–Kier alpha value is -2.34. The number of hydrogen-bond donors (Lipinski definition) is 1. The van der Waals surface area contributed by atoms with Gasteiger partial charge in [0.2, 0.25) is 0 Å². The zero-order valence-corrected chi connectivity index (χ0v) is 24.7. The van der Waals surface area contributed by atoms with Crippen LogP contribution >= 0.6 is 9.69 Å². The summed E-state index contributed by atoms with van der Waals surface area (Å²) in [6.07, 6.45) is 0. The molecule has 4 aromatic rings. The van der Waals surface area contributed by atoms with Crippen molar-refractivity contribution in [3.63, 3.8) is 0 Å². The van der Waals surface area contributed by atoms with Gasteiger partial charge in [0.25, 0.3) is 0 Å². The van der Waals surface area contributed by atoms with E-state index >= 15 is 0 Å². The van der Waals surface area contributed by atoms with E-state index in [9.17, 15) is 8.42 Å². The summed E-state index contributed by atoms with van der Waals surface area (Å²) >= 11 is 1.82. The van der Waals surface area contributed by atoms with Crippen molar-refractivity contribution in [2.75, 3.05) is 0 Å². The van der Waals surface area contributed by atoms with Crippen molar-refractivity contribution >= 4 is 19.7 Å². The second-order valence-electron chi connectivity index (χ2n) is 8.71. The van der Waals surface area contributed by atoms with Crippen LogP contribution in [-0.4, -0.2) is 8.42 Å². The molecule has 0 amide bonds. The number of benzene rings is 4. The van der Waals surface area contributed by atoms with E-state index in [1.807, 2.05) is 84.9 Å². The zero-order valence-electron chi connectivity index (χ0n) is 21.4. The summed E-state index contributed by atoms with van der Waals surface area (Å²) in [7, 11) is 0.736. The molecule has 0 aliphatic heterocycles. The molecule has 37 heavy (non-hydrogen) atoms. The summed E-state index contributed by atoms with van der Waals surface area (Å²) < 4.78 is 29.9. The van der Waals surface area contributed by atoms with E-state index in [1.54, 1.807) is 24.3 Å². The number of nitrogens with two attached hydrogens (primary N) is 1. The standard InChI is InChI=1S/C21H21N2O2S.C9H11.ClH.Ru/c1-16-12-14-19(15-13-16)26(24,25)23-21(18-10-6-3-7-11-18)20(22)17-8-4-2-5-9-17;1-7-4-8(2)6-9(3)5-7;;/h2-15,20-21H,22H2,1H3;4-5H,1-3H3;1H;/q2*-1;;+3/p-1. The van der Waals surface area contributed by atoms with Crippen LogP contribution in [0.25, 0.3) is 4.72 Å². The molecular formula is C30H32ClN2O2RuS. The van der Waals surface area contributed by atoms with Crippen LogP contribution in [0.4, 0.5) is 0 Å². The average Bonchev–Trinajstić information content (AvgIpc) is 2.89. The van der Waals surface area contributed by atoms with Gasteiger partial charge < -0.3 is 10.5 Å². The molecule has 0 bridgehead atoms. The van der Waals surface area contributed by atoms with Crippen molar-refractivity contribution in [2.24, 2.45) is 5.73 Å². The Kier molecular flexibility index (Phi) is 12.7. The second kappa shape index (κ2) is 15.2. The molecule has 2 unspecified atom stereocenters. The molecule has 0 radical (unpaired) electrons. The van der Waals surface area contributed by atoms with Gasteiger partial charge in [0.15, 0.2) is 0 Å². The van der Waals surface area contributed by atoms with Crippen LogP contribution in [0.15, 0.2) is 102 Å². The molecule has 0 aromatic heterocycles. The third kappa shape index (κ3) is 9.81. The normalized spacial score (nSPS) is 12.3. The van der Waals surface area contributed by atoms with Gasteiger partial charge in [-0.25, -0.2) is 8.42 Å². The minimum atomic E-state index is -3.83. The van der Waals surface area contributed by atoms with Gasteiger partial charge in [0.05, 0.1) is 0 Å². The molecule has 0 spiro atoms. The molecule has 0 heterocycles. The SMILES string of the molecule is Cc1[c-]c(C)cc(C)c1.Cc1ccc(S(=O)(=O)[N-]C(c2ccccc2)C(N)c2ccccc2)cc1.[Cl][Ru+2]. The van der Waals surface area contributed by atoms with Gasteiger partial charge in [0, 0.05) is 10.9 Å². The van der Waals surface area contributed by atoms with E-state index in [4.69, 9.17) is 5.73 Å². The summed E-state index contributed by atoms with van der Waals surface area (Å²) in [6.45, 7) is 8.15. The maximum absolute atomic E-state index is 12.8. The molecule has 4 nitrogen and oxygen atoms in total. The first-order chi connectivity index (χ1) is 17.7. The number of nitrogens with zero attached hydrogens (tertiary/aromatic N) is 1. The van der Waals surface area contributed by atoms with Crippen LogP contribution in [0, 0.1) is 33.8 Å². The molecule has 0 aliphatic rings. The monoisotopic (exact) mass is 621 g/mol. The topological polar surface area (TPSA) is 74.3 Å². The molecule has 7 heteroatoms. The van der Waals surface area contributed by atoms with Crippen LogP contribution in [-0.2, 0) is 27.3 Å². The van der Waals surface area contributed by atoms with Gasteiger partial charge in [-0.3, -0.25) is 0 Å². The third-order valence-electron chi connectivity index (χ3n) is 5.52. The summed E-state index contributed by atoms with van der Waals surface area (Å²) in [5, 5.41) is 0. The molecule has 0 saturated heterocycles. The fourth-order valence-corrected chi connectivity index (χ4v) is 5.02. The Morgan fingerprint density at radius 1 is 0.730 bits per heavy atom. The van der Waals surface area contributed by atoms with E-state index < -0.39 is 22.1 Å². The average molecular weight is 621 g/mol. The summed E-state index contributed by atoms with van der Waals surface area (Å²) in [6, 6.07) is 31.6. The van der Waals surface area contributed by atoms with Crippen molar-refractivity contribution in [1.29, 1.82) is 0 Å². The van der Waals surface area contributed by atoms with Crippen molar-refractivity contribution in [3.8, 4) is 0 Å². The van der Waals surface area contributed by atoms with E-state index in [0.29, 0.717) is 0 Å². The first kappa shape index (κ1) is 30.9. The third-order valence-corrected chi connectivity index (χ3v) is 6.89. The first-order valence-electron chi connectivity index (χ1n) is 11.7. The van der Waals surface area contributed by atoms with Gasteiger partial charge in [-0.1, -0.05) is 111 Å². The van der Waals surface area contributed by atoms with Crippen molar-refractivity contribution in [2.45, 2.75) is 44.7 Å². The predicted octanol–water partition coefficient (Wildman–Crippen LogP) is 7.60. The van der Waals surface area contributed by atoms with Crippen LogP contribution in [0.1, 0.15) is 45.5 Å². The van der Waals surface area contributed by atoms with Gasteiger partial charge in [0.1, 0.15) is 10.0 Å². The number of hydrogen-bond acceptors (Lipinski definition) is 3. The van der Waals surface area contributed by atoms with Crippen LogP contribution in [0.2, 0.25) is 0 Å². The quantitative estimate of drug-likeness (QED) is 0.178. The molecule has 0 aliphatic carbocycles. The fraction of sp³-hybridized carbons (Fsp3) is 0.200. The zero-order chi connectivity index (χ0) is 27.4. The van der Waals surface area contributed by atoms with Crippen molar-refractivity contribution < 1.29 is 25.7 Å². The summed E-state index contributed by atoms with van der Waals surface area (Å²) in [5.41, 5.74) is 12.8. The Balaban J connectivity index is 0.000000367. The fourth-order valence-electron chi connectivity index (χ4n) is 3.87. The minimum absolute atomic E-state index is 0.171. The van der Waals surface area contributed by atoms with E-state index in [-0.39, 0.29) is 4.90 Å². The molecule has 4 rings (SSSR count). The summed E-state index contributed by atoms with van der Waals surface area (Å²) in [5.74, 6) is 0. The van der Waals surface area contributed by atoms with Crippen LogP contribution in [0.5, 0.6) is 0 Å². The second-order valence-corrected chi connectivity index (χ2v) is 10.3. The number of rotatable bonds is 6. The molecule has 195 valence electrons. The number of sulfonamides is 1. The molecule has 4 aromatic carbocycles. The molecule has 2 atom stereocenters.